The molecule has 3 atom stereocenters. The summed E-state index contributed by atoms with van der Waals surface area (Å²) in [6.45, 7) is 6.06. The van der Waals surface area contributed by atoms with Crippen molar-refractivity contribution in [3.8, 4) is 5.75 Å². The molecular weight excluding hydrogens is 342 g/mol. The van der Waals surface area contributed by atoms with Crippen LogP contribution in [-0.2, 0) is 16.0 Å². The molecule has 0 bridgehead atoms. The van der Waals surface area contributed by atoms with Crippen LogP contribution in [0.3, 0.4) is 0 Å². The highest BCUT2D eigenvalue weighted by Crippen LogP contribution is 2.35. The summed E-state index contributed by atoms with van der Waals surface area (Å²) in [5, 5.41) is 4.86. The quantitative estimate of drug-likeness (QED) is 0.715. The molecule has 136 valence electrons. The van der Waals surface area contributed by atoms with Crippen molar-refractivity contribution in [1.82, 2.24) is 14.8 Å². The zero-order valence-electron chi connectivity index (χ0n) is 14.6. The van der Waals surface area contributed by atoms with Gasteiger partial charge in [0.2, 0.25) is 0 Å². The zero-order chi connectivity index (χ0) is 17.7. The summed E-state index contributed by atoms with van der Waals surface area (Å²) >= 11 is 5.93. The van der Waals surface area contributed by atoms with E-state index in [0.29, 0.717) is 18.2 Å². The molecule has 0 N–H and O–H groups in total. The molecule has 0 radical (unpaired) electrons. The van der Waals surface area contributed by atoms with E-state index in [1.807, 2.05) is 28.9 Å². The van der Waals surface area contributed by atoms with Crippen molar-refractivity contribution < 1.29 is 14.2 Å². The highest BCUT2D eigenvalue weighted by molar-refractivity contribution is 6.30. The average Bonchev–Trinajstić information content (AvgIpc) is 3.31. The molecule has 1 aromatic carbocycles. The number of nitrogens with zero attached hydrogens (tertiary/aromatic N) is 3. The van der Waals surface area contributed by atoms with Gasteiger partial charge in [0.25, 0.3) is 0 Å². The monoisotopic (exact) mass is 365 g/mol. The second-order valence-electron chi connectivity index (χ2n) is 6.64. The molecule has 0 amide bonds. The van der Waals surface area contributed by atoms with Crippen molar-refractivity contribution in [1.29, 1.82) is 0 Å². The molecule has 0 spiro atoms. The number of ether oxygens (including phenoxy) is 3. The molecular formula is C18H24ClN3O3. The van der Waals surface area contributed by atoms with Gasteiger partial charge in [0.05, 0.1) is 24.7 Å². The number of hydrogen-bond donors (Lipinski definition) is 0. The second-order valence-corrected chi connectivity index (χ2v) is 7.07. The Morgan fingerprint density at radius 1 is 1.36 bits per heavy atom. The molecule has 6 nitrogen and oxygen atoms in total. The predicted molar refractivity (Wildman–Crippen MR) is 94.6 cm³/mol. The molecule has 1 saturated heterocycles. The maximum Gasteiger partial charge on any atom is 0.166 e. The van der Waals surface area contributed by atoms with Gasteiger partial charge in [-0.3, -0.25) is 4.68 Å². The van der Waals surface area contributed by atoms with E-state index in [2.05, 4.69) is 23.9 Å². The Morgan fingerprint density at radius 3 is 2.80 bits per heavy atom. The molecule has 0 aliphatic carbocycles. The Hall–Kier alpha value is -1.63. The fourth-order valence-corrected chi connectivity index (χ4v) is 2.91. The normalized spacial score (nSPS) is 22.7. The van der Waals surface area contributed by atoms with E-state index in [-0.39, 0.29) is 17.8 Å². The van der Waals surface area contributed by atoms with Crippen molar-refractivity contribution in [2.45, 2.75) is 45.6 Å². The van der Waals surface area contributed by atoms with Crippen LogP contribution in [0, 0.1) is 5.41 Å². The lowest BCUT2D eigenvalue weighted by molar-refractivity contribution is -0.152. The summed E-state index contributed by atoms with van der Waals surface area (Å²) in [4.78, 5) is 3.99. The Kier molecular flexibility index (Phi) is 5.93. The predicted octanol–water partition coefficient (Wildman–Crippen LogP) is 3.56. The van der Waals surface area contributed by atoms with Crippen molar-refractivity contribution in [3.63, 3.8) is 0 Å². The van der Waals surface area contributed by atoms with Crippen LogP contribution in [0.2, 0.25) is 5.02 Å². The first kappa shape index (κ1) is 18.2. The molecule has 1 aromatic heterocycles. The van der Waals surface area contributed by atoms with Gasteiger partial charge in [0.15, 0.2) is 6.29 Å². The van der Waals surface area contributed by atoms with Crippen molar-refractivity contribution in [3.05, 3.63) is 41.9 Å². The van der Waals surface area contributed by atoms with E-state index in [9.17, 15) is 0 Å². The minimum absolute atomic E-state index is 0.145. The molecule has 2 heterocycles. The lowest BCUT2D eigenvalue weighted by Crippen LogP contribution is -2.40. The summed E-state index contributed by atoms with van der Waals surface area (Å²) < 4.78 is 19.8. The van der Waals surface area contributed by atoms with Crippen LogP contribution in [0.15, 0.2) is 36.9 Å². The third-order valence-corrected chi connectivity index (χ3v) is 4.79. The molecule has 3 rings (SSSR count). The highest BCUT2D eigenvalue weighted by Gasteiger charge is 2.42. The van der Waals surface area contributed by atoms with Gasteiger partial charge in [-0.1, -0.05) is 25.4 Å². The number of aryl methyl sites for hydroxylation is 1. The van der Waals surface area contributed by atoms with Gasteiger partial charge < -0.3 is 14.2 Å². The molecule has 1 fully saturated rings. The molecule has 7 heteroatoms. The SMILES string of the molecule is CCC1COC(C(C)(CCn2cncn2)COc2ccc(Cl)cc2)O1. The van der Waals surface area contributed by atoms with Crippen molar-refractivity contribution in [2.24, 2.45) is 5.41 Å². The number of rotatable bonds is 8. The Bertz CT molecular complexity index is 650. The standard InChI is InChI=1S/C18H24ClN3O3/c1-3-15-10-23-17(25-15)18(2,8-9-22-13-20-12-21-22)11-24-16-6-4-14(19)5-7-16/h4-7,12-13,15,17H,3,8-11H2,1-2H3. The summed E-state index contributed by atoms with van der Waals surface area (Å²) in [6, 6.07) is 7.37. The highest BCUT2D eigenvalue weighted by atomic mass is 35.5. The number of aromatic nitrogens is 3. The van der Waals surface area contributed by atoms with Crippen LogP contribution in [-0.4, -0.2) is 40.4 Å². The first-order valence-electron chi connectivity index (χ1n) is 8.57. The Balaban J connectivity index is 1.67. The van der Waals surface area contributed by atoms with E-state index < -0.39 is 0 Å². The lowest BCUT2D eigenvalue weighted by atomic mass is 9.86. The Morgan fingerprint density at radius 2 is 2.16 bits per heavy atom. The minimum Gasteiger partial charge on any atom is -0.493 e. The van der Waals surface area contributed by atoms with E-state index in [1.165, 1.54) is 6.33 Å². The van der Waals surface area contributed by atoms with E-state index >= 15 is 0 Å². The first-order chi connectivity index (χ1) is 12.1. The van der Waals surface area contributed by atoms with E-state index in [4.69, 9.17) is 25.8 Å². The molecule has 25 heavy (non-hydrogen) atoms. The fraction of sp³-hybridized carbons (Fsp3) is 0.556. The zero-order valence-corrected chi connectivity index (χ0v) is 15.4. The van der Waals surface area contributed by atoms with Crippen LogP contribution in [0.4, 0.5) is 0 Å². The fourth-order valence-electron chi connectivity index (χ4n) is 2.78. The van der Waals surface area contributed by atoms with Gasteiger partial charge in [0.1, 0.15) is 18.4 Å². The third-order valence-electron chi connectivity index (χ3n) is 4.53. The summed E-state index contributed by atoms with van der Waals surface area (Å²) in [5.41, 5.74) is -0.310. The maximum atomic E-state index is 6.08. The molecule has 2 aromatic rings. The smallest absolute Gasteiger partial charge is 0.166 e. The topological polar surface area (TPSA) is 58.4 Å². The van der Waals surface area contributed by atoms with Crippen LogP contribution < -0.4 is 4.74 Å². The summed E-state index contributed by atoms with van der Waals surface area (Å²) in [6.07, 6.45) is 4.83. The lowest BCUT2D eigenvalue weighted by Gasteiger charge is -2.34. The molecule has 1 aliphatic heterocycles. The van der Waals surface area contributed by atoms with Gasteiger partial charge in [0, 0.05) is 11.6 Å². The third kappa shape index (κ3) is 4.71. The first-order valence-corrected chi connectivity index (χ1v) is 8.95. The minimum atomic E-state index is -0.310. The van der Waals surface area contributed by atoms with Gasteiger partial charge in [-0.25, -0.2) is 4.98 Å². The molecule has 1 aliphatic rings. The summed E-state index contributed by atoms with van der Waals surface area (Å²) in [7, 11) is 0. The van der Waals surface area contributed by atoms with E-state index in [0.717, 1.165) is 25.1 Å². The van der Waals surface area contributed by atoms with Crippen LogP contribution in [0.5, 0.6) is 5.75 Å². The Labute approximate surface area is 153 Å². The average molecular weight is 366 g/mol. The van der Waals surface area contributed by atoms with Crippen LogP contribution in [0.25, 0.3) is 0 Å². The number of hydrogen-bond acceptors (Lipinski definition) is 5. The second kappa shape index (κ2) is 8.17. The number of halogens is 1. The van der Waals surface area contributed by atoms with Crippen molar-refractivity contribution >= 4 is 11.6 Å². The molecule has 0 saturated carbocycles. The maximum absolute atomic E-state index is 6.08. The largest absolute Gasteiger partial charge is 0.493 e. The summed E-state index contributed by atoms with van der Waals surface area (Å²) in [5.74, 6) is 0.779. The van der Waals surface area contributed by atoms with Gasteiger partial charge >= 0.3 is 0 Å². The molecule has 3 unspecified atom stereocenters. The van der Waals surface area contributed by atoms with Gasteiger partial charge in [-0.05, 0) is 37.1 Å². The number of benzene rings is 1. The van der Waals surface area contributed by atoms with E-state index in [1.54, 1.807) is 6.33 Å². The van der Waals surface area contributed by atoms with Crippen LogP contribution in [0.1, 0.15) is 26.7 Å². The van der Waals surface area contributed by atoms with Gasteiger partial charge in [-0.15, -0.1) is 0 Å². The van der Waals surface area contributed by atoms with Crippen LogP contribution >= 0.6 is 11.6 Å². The van der Waals surface area contributed by atoms with Crippen molar-refractivity contribution in [2.75, 3.05) is 13.2 Å². The van der Waals surface area contributed by atoms with Gasteiger partial charge in [-0.2, -0.15) is 5.10 Å².